The average molecular weight is 383 g/mol. The first-order valence-corrected chi connectivity index (χ1v) is 9.74. The smallest absolute Gasteiger partial charge is 0.255 e. The molecule has 0 radical (unpaired) electrons. The molecule has 0 spiro atoms. The van der Waals surface area contributed by atoms with Gasteiger partial charge in [-0.15, -0.1) is 0 Å². The van der Waals surface area contributed by atoms with Crippen molar-refractivity contribution in [1.29, 1.82) is 0 Å². The summed E-state index contributed by atoms with van der Waals surface area (Å²) in [6, 6.07) is 17.5. The number of carbonyl (C=O) groups excluding carboxylic acids is 1. The van der Waals surface area contributed by atoms with Crippen LogP contribution in [0.1, 0.15) is 22.3 Å². The maximum Gasteiger partial charge on any atom is 0.255 e. The second kappa shape index (κ2) is 10.2. The molecule has 2 atom stereocenters. The Balaban J connectivity index is 1.39. The third kappa shape index (κ3) is 5.79. The van der Waals surface area contributed by atoms with E-state index in [-0.39, 0.29) is 11.9 Å². The van der Waals surface area contributed by atoms with Crippen LogP contribution < -0.4 is 15.4 Å². The number of likely N-dealkylation sites (tertiary alicyclic amines) is 1. The van der Waals surface area contributed by atoms with Gasteiger partial charge in [0.15, 0.2) is 0 Å². The Morgan fingerprint density at radius 3 is 2.75 bits per heavy atom. The number of benzene rings is 2. The molecule has 2 aromatic carbocycles. The van der Waals surface area contributed by atoms with Crippen LogP contribution in [-0.4, -0.2) is 61.3 Å². The van der Waals surface area contributed by atoms with E-state index in [9.17, 15) is 9.90 Å². The van der Waals surface area contributed by atoms with E-state index in [2.05, 4.69) is 27.7 Å². The highest BCUT2D eigenvalue weighted by Crippen LogP contribution is 2.18. The van der Waals surface area contributed by atoms with Gasteiger partial charge in [-0.05, 0) is 24.1 Å². The molecule has 6 heteroatoms. The second-order valence-electron chi connectivity index (χ2n) is 7.19. The zero-order chi connectivity index (χ0) is 19.8. The molecule has 1 aliphatic heterocycles. The van der Waals surface area contributed by atoms with Gasteiger partial charge in [0.2, 0.25) is 0 Å². The van der Waals surface area contributed by atoms with Gasteiger partial charge in [0.05, 0.1) is 18.8 Å². The predicted octanol–water partition coefficient (Wildman–Crippen LogP) is 1.65. The highest BCUT2D eigenvalue weighted by atomic mass is 16.5. The number of rotatable bonds is 9. The fourth-order valence-corrected chi connectivity index (χ4v) is 3.55. The minimum absolute atomic E-state index is 0.0851. The van der Waals surface area contributed by atoms with E-state index in [1.54, 1.807) is 19.2 Å². The second-order valence-corrected chi connectivity index (χ2v) is 7.19. The molecule has 6 nitrogen and oxygen atoms in total. The molecule has 3 N–H and O–H groups in total. The normalized spacial score (nSPS) is 18.0. The average Bonchev–Trinajstić information content (AvgIpc) is 3.15. The molecule has 1 aliphatic rings. The molecule has 3 rings (SSSR count). The minimum Gasteiger partial charge on any atom is -0.496 e. The molecular weight excluding hydrogens is 354 g/mol. The van der Waals surface area contributed by atoms with Gasteiger partial charge in [0, 0.05) is 38.8 Å². The summed E-state index contributed by atoms with van der Waals surface area (Å²) in [6.07, 6.45) is 0.442. The van der Waals surface area contributed by atoms with Crippen LogP contribution in [0.3, 0.4) is 0 Å². The third-order valence-corrected chi connectivity index (χ3v) is 4.98. The number of methoxy groups -OCH3 is 1. The first-order valence-electron chi connectivity index (χ1n) is 9.74. The highest BCUT2D eigenvalue weighted by Gasteiger charge is 2.26. The summed E-state index contributed by atoms with van der Waals surface area (Å²) >= 11 is 0. The Morgan fingerprint density at radius 1 is 1.21 bits per heavy atom. The Bertz CT molecular complexity index is 754. The van der Waals surface area contributed by atoms with Crippen LogP contribution in [0.5, 0.6) is 5.75 Å². The Hall–Kier alpha value is -2.41. The summed E-state index contributed by atoms with van der Waals surface area (Å²) in [7, 11) is 1.57. The number of hydrogen-bond donors (Lipinski definition) is 3. The molecule has 0 aliphatic carbocycles. The van der Waals surface area contributed by atoms with Gasteiger partial charge in [-0.2, -0.15) is 0 Å². The van der Waals surface area contributed by atoms with Crippen LogP contribution in [-0.2, 0) is 6.54 Å². The van der Waals surface area contributed by atoms with Crippen molar-refractivity contribution >= 4 is 5.91 Å². The summed E-state index contributed by atoms with van der Waals surface area (Å²) in [6.45, 7) is 3.51. The standard InChI is InChI=1S/C22H29N3O3/c1-28-21-10-6-5-9-20(21)22(27)24-18-11-12-25(15-18)16-19(26)14-23-13-17-7-3-2-4-8-17/h2-10,18-19,23,26H,11-16H2,1H3,(H,24,27)/t18-,19+/m1/s1. The number of β-amino-alcohol motifs (C(OH)–C–C–N with tert-alkyl or cyclic N) is 1. The van der Waals surface area contributed by atoms with E-state index in [0.29, 0.717) is 24.4 Å². The number of hydrogen-bond acceptors (Lipinski definition) is 5. The topological polar surface area (TPSA) is 73.8 Å². The van der Waals surface area contributed by atoms with Crippen molar-refractivity contribution in [3.05, 3.63) is 65.7 Å². The molecule has 0 bridgehead atoms. The van der Waals surface area contributed by atoms with Crippen LogP contribution in [0.2, 0.25) is 0 Å². The summed E-state index contributed by atoms with van der Waals surface area (Å²) in [5.41, 5.74) is 1.75. The molecule has 1 fully saturated rings. The SMILES string of the molecule is COc1ccccc1C(=O)N[C@@H]1CCN(C[C@@H](O)CNCc2ccccc2)C1. The van der Waals surface area contributed by atoms with Gasteiger partial charge in [-0.25, -0.2) is 0 Å². The Kier molecular flexibility index (Phi) is 7.42. The molecule has 1 amide bonds. The summed E-state index contributed by atoms with van der Waals surface area (Å²) < 4.78 is 5.26. The number of carbonyl (C=O) groups is 1. The molecular formula is C22H29N3O3. The maximum absolute atomic E-state index is 12.5. The van der Waals surface area contributed by atoms with E-state index < -0.39 is 6.10 Å². The summed E-state index contributed by atoms with van der Waals surface area (Å²) in [4.78, 5) is 14.7. The minimum atomic E-state index is -0.438. The van der Waals surface area contributed by atoms with Crippen LogP contribution in [0, 0.1) is 0 Å². The van der Waals surface area contributed by atoms with Gasteiger partial charge in [0.1, 0.15) is 5.75 Å². The molecule has 1 heterocycles. The van der Waals surface area contributed by atoms with Crippen molar-refractivity contribution in [2.75, 3.05) is 33.3 Å². The van der Waals surface area contributed by atoms with E-state index in [1.165, 1.54) is 5.56 Å². The van der Waals surface area contributed by atoms with Gasteiger partial charge in [0.25, 0.3) is 5.91 Å². The van der Waals surface area contributed by atoms with Gasteiger partial charge in [-0.1, -0.05) is 42.5 Å². The lowest BCUT2D eigenvalue weighted by molar-refractivity contribution is 0.0930. The molecule has 28 heavy (non-hydrogen) atoms. The van der Waals surface area contributed by atoms with Gasteiger partial charge < -0.3 is 20.5 Å². The first kappa shape index (κ1) is 20.3. The van der Waals surface area contributed by atoms with Crippen LogP contribution in [0.4, 0.5) is 0 Å². The number of amides is 1. The monoisotopic (exact) mass is 383 g/mol. The lowest BCUT2D eigenvalue weighted by atomic mass is 10.1. The Morgan fingerprint density at radius 2 is 1.96 bits per heavy atom. The largest absolute Gasteiger partial charge is 0.496 e. The third-order valence-electron chi connectivity index (χ3n) is 4.98. The van der Waals surface area contributed by atoms with Crippen LogP contribution in [0.15, 0.2) is 54.6 Å². The summed E-state index contributed by atoms with van der Waals surface area (Å²) in [5, 5.41) is 16.7. The fraction of sp³-hybridized carbons (Fsp3) is 0.409. The lowest BCUT2D eigenvalue weighted by Crippen LogP contribution is -2.40. The molecule has 0 aromatic heterocycles. The maximum atomic E-state index is 12.5. The van der Waals surface area contributed by atoms with Crippen LogP contribution >= 0.6 is 0 Å². The van der Waals surface area contributed by atoms with E-state index >= 15 is 0 Å². The molecule has 150 valence electrons. The molecule has 0 unspecified atom stereocenters. The molecule has 1 saturated heterocycles. The lowest BCUT2D eigenvalue weighted by Gasteiger charge is -2.21. The van der Waals surface area contributed by atoms with Crippen molar-refractivity contribution in [2.24, 2.45) is 0 Å². The van der Waals surface area contributed by atoms with Crippen molar-refractivity contribution in [1.82, 2.24) is 15.5 Å². The quantitative estimate of drug-likeness (QED) is 0.614. The molecule has 2 aromatic rings. The van der Waals surface area contributed by atoms with E-state index in [0.717, 1.165) is 26.1 Å². The van der Waals surface area contributed by atoms with Crippen LogP contribution in [0.25, 0.3) is 0 Å². The van der Waals surface area contributed by atoms with E-state index in [1.807, 2.05) is 30.3 Å². The fourth-order valence-electron chi connectivity index (χ4n) is 3.55. The number of para-hydroxylation sites is 1. The zero-order valence-corrected chi connectivity index (χ0v) is 16.3. The zero-order valence-electron chi connectivity index (χ0n) is 16.3. The number of ether oxygens (including phenoxy) is 1. The molecule has 0 saturated carbocycles. The Labute approximate surface area is 166 Å². The van der Waals surface area contributed by atoms with Crippen molar-refractivity contribution in [3.8, 4) is 5.75 Å². The van der Waals surface area contributed by atoms with Crippen molar-refractivity contribution in [3.63, 3.8) is 0 Å². The van der Waals surface area contributed by atoms with Gasteiger partial charge >= 0.3 is 0 Å². The van der Waals surface area contributed by atoms with Crippen molar-refractivity contribution < 1.29 is 14.6 Å². The number of aliphatic hydroxyl groups is 1. The number of nitrogens with zero attached hydrogens (tertiary/aromatic N) is 1. The van der Waals surface area contributed by atoms with Crippen molar-refractivity contribution in [2.45, 2.75) is 25.1 Å². The number of nitrogens with one attached hydrogen (secondary N) is 2. The first-order chi connectivity index (χ1) is 13.7. The summed E-state index contributed by atoms with van der Waals surface area (Å²) in [5.74, 6) is 0.462. The van der Waals surface area contributed by atoms with E-state index in [4.69, 9.17) is 4.74 Å². The highest BCUT2D eigenvalue weighted by molar-refractivity contribution is 5.97. The predicted molar refractivity (Wildman–Crippen MR) is 109 cm³/mol. The van der Waals surface area contributed by atoms with Gasteiger partial charge in [-0.3, -0.25) is 9.69 Å². The number of aliphatic hydroxyl groups excluding tert-OH is 1.